The van der Waals surface area contributed by atoms with Gasteiger partial charge in [-0.05, 0) is 51.0 Å². The number of likely N-dealkylation sites (N-methyl/N-ethyl adjacent to an activating group) is 1. The monoisotopic (exact) mass is 227 g/mol. The number of rotatable bonds is 6. The van der Waals surface area contributed by atoms with Gasteiger partial charge < -0.3 is 10.1 Å². The second-order valence-corrected chi connectivity index (χ2v) is 5.93. The van der Waals surface area contributed by atoms with Gasteiger partial charge in [-0.1, -0.05) is 20.8 Å². The van der Waals surface area contributed by atoms with Crippen LogP contribution in [0.4, 0.5) is 0 Å². The maximum absolute atomic E-state index is 6.21. The van der Waals surface area contributed by atoms with Crippen molar-refractivity contribution >= 4 is 0 Å². The lowest BCUT2D eigenvalue weighted by molar-refractivity contribution is -0.0772. The fraction of sp³-hybridized carbons (Fsp3) is 1.00. The summed E-state index contributed by atoms with van der Waals surface area (Å²) in [6.07, 6.45) is 6.29. The highest BCUT2D eigenvalue weighted by Crippen LogP contribution is 2.34. The fourth-order valence-electron chi connectivity index (χ4n) is 2.49. The first-order valence-electron chi connectivity index (χ1n) is 6.86. The first-order valence-corrected chi connectivity index (χ1v) is 6.86. The van der Waals surface area contributed by atoms with E-state index in [1.165, 1.54) is 32.1 Å². The molecule has 0 radical (unpaired) electrons. The number of hydrogen-bond donors (Lipinski definition) is 1. The predicted molar refractivity (Wildman–Crippen MR) is 69.7 cm³/mol. The zero-order valence-corrected chi connectivity index (χ0v) is 11.5. The minimum Gasteiger partial charge on any atom is -0.374 e. The van der Waals surface area contributed by atoms with E-state index in [2.05, 4.69) is 26.1 Å². The summed E-state index contributed by atoms with van der Waals surface area (Å²) in [6.45, 7) is 8.82. The van der Waals surface area contributed by atoms with Crippen LogP contribution in [0.15, 0.2) is 0 Å². The first-order chi connectivity index (χ1) is 7.58. The summed E-state index contributed by atoms with van der Waals surface area (Å²) >= 11 is 0. The fourth-order valence-corrected chi connectivity index (χ4v) is 2.49. The molecule has 1 saturated carbocycles. The van der Waals surface area contributed by atoms with E-state index < -0.39 is 0 Å². The lowest BCUT2D eigenvalue weighted by atomic mass is 9.79. The number of nitrogens with one attached hydrogen (secondary N) is 1. The molecule has 96 valence electrons. The van der Waals surface area contributed by atoms with Gasteiger partial charge in [0.05, 0.1) is 5.60 Å². The number of ether oxygens (including phenoxy) is 1. The molecule has 0 atom stereocenters. The van der Waals surface area contributed by atoms with E-state index in [0.717, 1.165) is 25.0 Å². The minimum absolute atomic E-state index is 0.135. The average molecular weight is 227 g/mol. The molecule has 1 aliphatic rings. The van der Waals surface area contributed by atoms with E-state index in [4.69, 9.17) is 4.74 Å². The van der Waals surface area contributed by atoms with Crippen LogP contribution in [-0.2, 0) is 4.74 Å². The Hall–Kier alpha value is -0.0800. The maximum atomic E-state index is 6.21. The van der Waals surface area contributed by atoms with E-state index in [1.54, 1.807) is 0 Å². The topological polar surface area (TPSA) is 21.3 Å². The Bertz CT molecular complexity index is 183. The average Bonchev–Trinajstić information content (AvgIpc) is 2.22. The molecule has 1 fully saturated rings. The summed E-state index contributed by atoms with van der Waals surface area (Å²) < 4.78 is 6.21. The largest absolute Gasteiger partial charge is 0.374 e. The highest BCUT2D eigenvalue weighted by atomic mass is 16.5. The van der Waals surface area contributed by atoms with Crippen molar-refractivity contribution in [2.24, 2.45) is 11.8 Å². The van der Waals surface area contributed by atoms with Crippen LogP contribution in [0.5, 0.6) is 0 Å². The van der Waals surface area contributed by atoms with Crippen LogP contribution in [0.3, 0.4) is 0 Å². The van der Waals surface area contributed by atoms with Crippen molar-refractivity contribution in [1.82, 2.24) is 5.32 Å². The van der Waals surface area contributed by atoms with Gasteiger partial charge in [-0.15, -0.1) is 0 Å². The summed E-state index contributed by atoms with van der Waals surface area (Å²) in [5, 5.41) is 3.31. The summed E-state index contributed by atoms with van der Waals surface area (Å²) in [4.78, 5) is 0. The molecular formula is C14H29NO. The van der Waals surface area contributed by atoms with Crippen molar-refractivity contribution in [2.45, 2.75) is 58.5 Å². The SMILES string of the molecule is CNCC1(OCCC(C)C)CCC(C)CC1. The Kier molecular flexibility index (Phi) is 5.77. The van der Waals surface area contributed by atoms with Gasteiger partial charge in [0.25, 0.3) is 0 Å². The standard InChI is InChI=1S/C14H29NO/c1-12(2)7-10-16-14(11-15-4)8-5-13(3)6-9-14/h12-13,15H,5-11H2,1-4H3. The van der Waals surface area contributed by atoms with E-state index in [-0.39, 0.29) is 5.60 Å². The number of hydrogen-bond acceptors (Lipinski definition) is 2. The van der Waals surface area contributed by atoms with Gasteiger partial charge >= 0.3 is 0 Å². The van der Waals surface area contributed by atoms with E-state index >= 15 is 0 Å². The molecular weight excluding hydrogens is 198 g/mol. The van der Waals surface area contributed by atoms with Crippen molar-refractivity contribution in [3.05, 3.63) is 0 Å². The molecule has 0 aromatic carbocycles. The molecule has 2 nitrogen and oxygen atoms in total. The first kappa shape index (κ1) is 14.0. The lowest BCUT2D eigenvalue weighted by Crippen LogP contribution is -2.45. The zero-order valence-electron chi connectivity index (χ0n) is 11.5. The van der Waals surface area contributed by atoms with Crippen LogP contribution in [0.25, 0.3) is 0 Å². The molecule has 0 heterocycles. The molecule has 1 aliphatic carbocycles. The van der Waals surface area contributed by atoms with Gasteiger partial charge in [0.2, 0.25) is 0 Å². The van der Waals surface area contributed by atoms with E-state index in [1.807, 2.05) is 7.05 Å². The third-order valence-electron chi connectivity index (χ3n) is 3.79. The molecule has 2 heteroatoms. The van der Waals surface area contributed by atoms with Gasteiger partial charge in [-0.25, -0.2) is 0 Å². The van der Waals surface area contributed by atoms with Crippen LogP contribution in [-0.4, -0.2) is 25.8 Å². The van der Waals surface area contributed by atoms with Crippen LogP contribution in [0.1, 0.15) is 52.9 Å². The molecule has 0 unspecified atom stereocenters. The maximum Gasteiger partial charge on any atom is 0.0806 e. The van der Waals surface area contributed by atoms with E-state index in [9.17, 15) is 0 Å². The minimum atomic E-state index is 0.135. The second-order valence-electron chi connectivity index (χ2n) is 5.93. The van der Waals surface area contributed by atoms with Crippen LogP contribution in [0.2, 0.25) is 0 Å². The van der Waals surface area contributed by atoms with Gasteiger partial charge in [0.1, 0.15) is 0 Å². The molecule has 16 heavy (non-hydrogen) atoms. The van der Waals surface area contributed by atoms with Crippen molar-refractivity contribution in [2.75, 3.05) is 20.2 Å². The van der Waals surface area contributed by atoms with Gasteiger partial charge in [-0.3, -0.25) is 0 Å². The smallest absolute Gasteiger partial charge is 0.0806 e. The lowest BCUT2D eigenvalue weighted by Gasteiger charge is -2.39. The summed E-state index contributed by atoms with van der Waals surface area (Å²) in [5.41, 5.74) is 0.135. The molecule has 0 saturated heterocycles. The Balaban J connectivity index is 2.39. The van der Waals surface area contributed by atoms with Crippen molar-refractivity contribution < 1.29 is 4.74 Å². The third-order valence-corrected chi connectivity index (χ3v) is 3.79. The second kappa shape index (κ2) is 6.61. The molecule has 0 aromatic heterocycles. The predicted octanol–water partition coefficient (Wildman–Crippen LogP) is 3.22. The van der Waals surface area contributed by atoms with Gasteiger partial charge in [-0.2, -0.15) is 0 Å². The Morgan fingerprint density at radius 1 is 1.31 bits per heavy atom. The van der Waals surface area contributed by atoms with Crippen LogP contribution >= 0.6 is 0 Å². The Morgan fingerprint density at radius 3 is 2.44 bits per heavy atom. The Morgan fingerprint density at radius 2 is 1.94 bits per heavy atom. The van der Waals surface area contributed by atoms with Crippen molar-refractivity contribution in [3.8, 4) is 0 Å². The summed E-state index contributed by atoms with van der Waals surface area (Å²) in [6, 6.07) is 0. The quantitative estimate of drug-likeness (QED) is 0.752. The normalized spacial score (nSPS) is 30.9. The van der Waals surface area contributed by atoms with E-state index in [0.29, 0.717) is 0 Å². The molecule has 1 N–H and O–H groups in total. The molecule has 0 aliphatic heterocycles. The molecule has 1 rings (SSSR count). The summed E-state index contributed by atoms with van der Waals surface area (Å²) in [5.74, 6) is 1.63. The highest BCUT2D eigenvalue weighted by Gasteiger charge is 2.34. The van der Waals surface area contributed by atoms with Crippen LogP contribution in [0, 0.1) is 11.8 Å². The van der Waals surface area contributed by atoms with Gasteiger partial charge in [0, 0.05) is 13.2 Å². The molecule has 0 aromatic rings. The van der Waals surface area contributed by atoms with Gasteiger partial charge in [0.15, 0.2) is 0 Å². The van der Waals surface area contributed by atoms with Crippen LogP contribution < -0.4 is 5.32 Å². The van der Waals surface area contributed by atoms with Crippen molar-refractivity contribution in [3.63, 3.8) is 0 Å². The highest BCUT2D eigenvalue weighted by molar-refractivity contribution is 4.88. The Labute approximate surface area is 101 Å². The molecule has 0 spiro atoms. The molecule has 0 bridgehead atoms. The summed E-state index contributed by atoms with van der Waals surface area (Å²) in [7, 11) is 2.03. The van der Waals surface area contributed by atoms with Crippen molar-refractivity contribution in [1.29, 1.82) is 0 Å². The third kappa shape index (κ3) is 4.42. The molecule has 0 amide bonds. The zero-order chi connectivity index (χ0) is 12.0.